The molecule has 4 aromatic rings. The SMILES string of the molecule is Cc1nsc(NS(=O)(=O)c2ccc(C#N)cc2)n1.Cc1nsc(NS(=O)(=O)c2ccc(C(C)(C)C)cc2)n1. The number of hydrogen-bond acceptors (Lipinski definition) is 11. The molecule has 2 aromatic carbocycles. The fourth-order valence-corrected chi connectivity index (χ4v) is 6.46. The summed E-state index contributed by atoms with van der Waals surface area (Å²) in [5, 5.41) is 9.14. The van der Waals surface area contributed by atoms with Gasteiger partial charge in [0.1, 0.15) is 11.6 Å². The van der Waals surface area contributed by atoms with Gasteiger partial charge in [-0.3, -0.25) is 9.44 Å². The monoisotopic (exact) mass is 591 g/mol. The third-order valence-electron chi connectivity index (χ3n) is 4.82. The van der Waals surface area contributed by atoms with Crippen LogP contribution in [0.4, 0.5) is 10.3 Å². The van der Waals surface area contributed by atoms with Gasteiger partial charge in [0.2, 0.25) is 10.3 Å². The van der Waals surface area contributed by atoms with E-state index in [-0.39, 0.29) is 25.5 Å². The zero-order valence-electron chi connectivity index (χ0n) is 21.1. The first-order valence-corrected chi connectivity index (χ1v) is 15.5. The van der Waals surface area contributed by atoms with Gasteiger partial charge in [0, 0.05) is 23.1 Å². The number of aromatic nitrogens is 4. The second-order valence-corrected chi connectivity index (χ2v) is 13.8. The van der Waals surface area contributed by atoms with Crippen molar-refractivity contribution < 1.29 is 16.8 Å². The Morgan fingerprint density at radius 3 is 1.45 bits per heavy atom. The quantitative estimate of drug-likeness (QED) is 0.329. The van der Waals surface area contributed by atoms with Crippen LogP contribution in [-0.4, -0.2) is 35.6 Å². The molecule has 0 aliphatic rings. The molecule has 15 heteroatoms. The van der Waals surface area contributed by atoms with Crippen molar-refractivity contribution >= 4 is 53.4 Å². The molecule has 0 saturated carbocycles. The van der Waals surface area contributed by atoms with Crippen LogP contribution in [0.5, 0.6) is 0 Å². The molecule has 38 heavy (non-hydrogen) atoms. The Morgan fingerprint density at radius 1 is 0.737 bits per heavy atom. The molecule has 2 aromatic heterocycles. The molecule has 0 aliphatic carbocycles. The fourth-order valence-electron chi connectivity index (χ4n) is 2.87. The average molecular weight is 592 g/mol. The van der Waals surface area contributed by atoms with Crippen molar-refractivity contribution in [3.63, 3.8) is 0 Å². The van der Waals surface area contributed by atoms with Crippen LogP contribution in [-0.2, 0) is 25.5 Å². The molecule has 0 unspecified atom stereocenters. The van der Waals surface area contributed by atoms with Crippen LogP contribution in [0, 0.1) is 25.2 Å². The molecule has 0 bridgehead atoms. The molecule has 2 N–H and O–H groups in total. The van der Waals surface area contributed by atoms with Crippen molar-refractivity contribution in [2.75, 3.05) is 9.44 Å². The molecule has 0 amide bonds. The van der Waals surface area contributed by atoms with Crippen LogP contribution in [0.25, 0.3) is 0 Å². The van der Waals surface area contributed by atoms with Gasteiger partial charge in [-0.1, -0.05) is 32.9 Å². The van der Waals surface area contributed by atoms with Crippen LogP contribution in [0.15, 0.2) is 58.3 Å². The lowest BCUT2D eigenvalue weighted by molar-refractivity contribution is 0.587. The smallest absolute Gasteiger partial charge is 0.253 e. The number of sulfonamides is 2. The predicted octanol–water partition coefficient (Wildman–Crippen LogP) is 4.46. The summed E-state index contributed by atoms with van der Waals surface area (Å²) in [6.07, 6.45) is 0. The maximum atomic E-state index is 12.2. The summed E-state index contributed by atoms with van der Waals surface area (Å²) < 4.78 is 60.9. The highest BCUT2D eigenvalue weighted by Gasteiger charge is 2.19. The standard InChI is InChI=1S/C13H17N3O2S2.C10H8N4O2S2/c1-9-14-12(19-15-9)16-20(17,18)11-7-5-10(6-8-11)13(2,3)4;1-7-12-10(17-13-7)14-18(15,16)9-4-2-8(6-11)3-5-9/h5-8H,1-4H3,(H,14,15,16);2-5H,1H3,(H,12,13,14). The van der Waals surface area contributed by atoms with E-state index in [9.17, 15) is 16.8 Å². The molecular formula is C23H25N7O4S4. The van der Waals surface area contributed by atoms with E-state index in [4.69, 9.17) is 5.26 Å². The summed E-state index contributed by atoms with van der Waals surface area (Å²) in [5.74, 6) is 1.06. The molecular weight excluding hydrogens is 567 g/mol. The highest BCUT2D eigenvalue weighted by Crippen LogP contribution is 2.24. The van der Waals surface area contributed by atoms with Crippen LogP contribution < -0.4 is 9.44 Å². The number of nitrogens with one attached hydrogen (secondary N) is 2. The Bertz CT molecular complexity index is 1650. The predicted molar refractivity (Wildman–Crippen MR) is 147 cm³/mol. The number of benzene rings is 2. The van der Waals surface area contributed by atoms with Gasteiger partial charge in [-0.05, 0) is 61.2 Å². The largest absolute Gasteiger partial charge is 0.263 e. The summed E-state index contributed by atoms with van der Waals surface area (Å²) in [7, 11) is -7.28. The van der Waals surface area contributed by atoms with Gasteiger partial charge in [0.25, 0.3) is 20.0 Å². The molecule has 0 atom stereocenters. The van der Waals surface area contributed by atoms with Crippen LogP contribution >= 0.6 is 23.1 Å². The van der Waals surface area contributed by atoms with E-state index >= 15 is 0 Å². The van der Waals surface area contributed by atoms with E-state index in [1.165, 1.54) is 24.3 Å². The highest BCUT2D eigenvalue weighted by atomic mass is 32.2. The molecule has 0 spiro atoms. The first-order valence-electron chi connectivity index (χ1n) is 11.0. The number of hydrogen-bond donors (Lipinski definition) is 2. The van der Waals surface area contributed by atoms with Gasteiger partial charge in [0.05, 0.1) is 21.4 Å². The lowest BCUT2D eigenvalue weighted by Crippen LogP contribution is -2.14. The molecule has 0 radical (unpaired) electrons. The van der Waals surface area contributed by atoms with E-state index in [0.717, 1.165) is 28.6 Å². The summed E-state index contributed by atoms with van der Waals surface area (Å²) in [4.78, 5) is 8.21. The van der Waals surface area contributed by atoms with Gasteiger partial charge in [-0.25, -0.2) is 26.8 Å². The summed E-state index contributed by atoms with van der Waals surface area (Å²) in [6.45, 7) is 9.64. The molecule has 0 saturated heterocycles. The van der Waals surface area contributed by atoms with E-state index in [1.807, 2.05) is 18.2 Å². The first kappa shape index (κ1) is 29.1. The van der Waals surface area contributed by atoms with Gasteiger partial charge >= 0.3 is 0 Å². The van der Waals surface area contributed by atoms with Crippen molar-refractivity contribution in [2.45, 2.75) is 49.8 Å². The number of rotatable bonds is 6. The number of nitriles is 1. The van der Waals surface area contributed by atoms with Gasteiger partial charge in [0.15, 0.2) is 0 Å². The molecule has 2 heterocycles. The summed E-state index contributed by atoms with van der Waals surface area (Å²) in [6, 6.07) is 14.4. The van der Waals surface area contributed by atoms with Gasteiger partial charge in [-0.15, -0.1) is 0 Å². The van der Waals surface area contributed by atoms with Crippen LogP contribution in [0.1, 0.15) is 43.5 Å². The first-order chi connectivity index (χ1) is 17.7. The fraction of sp³-hybridized carbons (Fsp3) is 0.261. The number of aryl methyl sites for hydroxylation is 2. The summed E-state index contributed by atoms with van der Waals surface area (Å²) in [5.41, 5.74) is 1.48. The van der Waals surface area contributed by atoms with E-state index in [1.54, 1.807) is 26.0 Å². The molecule has 4 rings (SSSR count). The molecule has 11 nitrogen and oxygen atoms in total. The van der Waals surface area contributed by atoms with Crippen molar-refractivity contribution in [3.8, 4) is 6.07 Å². The lowest BCUT2D eigenvalue weighted by atomic mass is 9.87. The average Bonchev–Trinajstić information content (AvgIpc) is 3.45. The minimum Gasteiger partial charge on any atom is -0.253 e. The van der Waals surface area contributed by atoms with Crippen molar-refractivity contribution in [2.24, 2.45) is 0 Å². The maximum Gasteiger partial charge on any atom is 0.263 e. The van der Waals surface area contributed by atoms with Crippen molar-refractivity contribution in [1.82, 2.24) is 18.7 Å². The topological polar surface area (TPSA) is 168 Å². The van der Waals surface area contributed by atoms with Crippen molar-refractivity contribution in [1.29, 1.82) is 5.26 Å². The second-order valence-electron chi connectivity index (χ2n) is 8.92. The normalized spacial score (nSPS) is 11.7. The number of nitrogens with zero attached hydrogens (tertiary/aromatic N) is 5. The summed E-state index contributed by atoms with van der Waals surface area (Å²) >= 11 is 2.00. The molecule has 0 aliphatic heterocycles. The van der Waals surface area contributed by atoms with Gasteiger partial charge < -0.3 is 0 Å². The minimum absolute atomic E-state index is 0.00788. The maximum absolute atomic E-state index is 12.2. The van der Waals surface area contributed by atoms with E-state index < -0.39 is 20.0 Å². The van der Waals surface area contributed by atoms with Crippen molar-refractivity contribution in [3.05, 3.63) is 71.3 Å². The zero-order chi connectivity index (χ0) is 28.1. The Morgan fingerprint density at radius 2 is 1.13 bits per heavy atom. The Hall–Kier alpha value is -3.45. The minimum atomic E-state index is -3.68. The molecule has 0 fully saturated rings. The molecule has 200 valence electrons. The lowest BCUT2D eigenvalue weighted by Gasteiger charge is -2.19. The van der Waals surface area contributed by atoms with Gasteiger partial charge in [-0.2, -0.15) is 14.0 Å². The second kappa shape index (κ2) is 11.5. The Kier molecular flexibility index (Phi) is 8.82. The van der Waals surface area contributed by atoms with E-state index in [0.29, 0.717) is 17.2 Å². The highest BCUT2D eigenvalue weighted by molar-refractivity contribution is 7.93. The third kappa shape index (κ3) is 7.78. The van der Waals surface area contributed by atoms with E-state index in [2.05, 4.69) is 48.9 Å². The Balaban J connectivity index is 0.000000212. The van der Waals surface area contributed by atoms with Crippen LogP contribution in [0.3, 0.4) is 0 Å². The number of anilines is 2. The van der Waals surface area contributed by atoms with Crippen LogP contribution in [0.2, 0.25) is 0 Å². The Labute approximate surface area is 230 Å². The third-order valence-corrected chi connectivity index (χ3v) is 9.23. The zero-order valence-corrected chi connectivity index (χ0v) is 24.4.